The maximum absolute atomic E-state index is 12.4. The first-order chi connectivity index (χ1) is 6.60. The molecule has 78 valence electrons. The summed E-state index contributed by atoms with van der Waals surface area (Å²) in [7, 11) is 1.43. The van der Waals surface area contributed by atoms with Crippen LogP contribution in [0, 0.1) is 0 Å². The summed E-state index contributed by atoms with van der Waals surface area (Å²) in [5, 5.41) is 0. The number of rotatable bonds is 3. The van der Waals surface area contributed by atoms with E-state index in [4.69, 9.17) is 16.3 Å². The van der Waals surface area contributed by atoms with Crippen molar-refractivity contribution in [1.29, 1.82) is 0 Å². The average molecular weight is 287 g/mol. The molecule has 0 saturated carbocycles. The topological polar surface area (TPSA) is 22.1 Å². The van der Waals surface area contributed by atoms with E-state index in [1.165, 1.54) is 13.2 Å². The molecule has 0 saturated heterocycles. The second-order valence-electron chi connectivity index (χ2n) is 2.44. The molecule has 1 heterocycles. The van der Waals surface area contributed by atoms with E-state index in [1.807, 2.05) is 0 Å². The first-order valence-electron chi connectivity index (χ1n) is 3.67. The number of methoxy groups -OCH3 is 1. The van der Waals surface area contributed by atoms with Crippen LogP contribution < -0.4 is 4.74 Å². The Bertz CT molecular complexity index is 335. The third kappa shape index (κ3) is 2.33. The van der Waals surface area contributed by atoms with Gasteiger partial charge in [-0.2, -0.15) is 0 Å². The molecule has 0 N–H and O–H groups in total. The molecule has 0 radical (unpaired) electrons. The molecule has 0 fully saturated rings. The van der Waals surface area contributed by atoms with Gasteiger partial charge in [-0.15, -0.1) is 11.6 Å². The highest BCUT2D eigenvalue weighted by atomic mass is 79.9. The molecule has 0 aliphatic heterocycles. The van der Waals surface area contributed by atoms with E-state index < -0.39 is 6.43 Å². The summed E-state index contributed by atoms with van der Waals surface area (Å²) in [5.74, 6) is 0.437. The van der Waals surface area contributed by atoms with Crippen molar-refractivity contribution in [1.82, 2.24) is 4.98 Å². The Morgan fingerprint density at radius 3 is 2.71 bits per heavy atom. The Hall–Kier alpha value is -0.420. The summed E-state index contributed by atoms with van der Waals surface area (Å²) in [5.41, 5.74) is -0.00545. The standard InChI is InChI=1S/C8H7BrClF2NO/c1-14-6-2-4(9)7(8(11)12)13-5(6)3-10/h2,8H,3H2,1H3. The van der Waals surface area contributed by atoms with E-state index in [1.54, 1.807) is 0 Å². The Balaban J connectivity index is 3.23. The molecule has 0 amide bonds. The van der Waals surface area contributed by atoms with Crippen LogP contribution in [-0.4, -0.2) is 12.1 Å². The van der Waals surface area contributed by atoms with Crippen LogP contribution in [0.1, 0.15) is 17.8 Å². The number of hydrogen-bond acceptors (Lipinski definition) is 2. The highest BCUT2D eigenvalue weighted by molar-refractivity contribution is 9.10. The Kier molecular flexibility index (Phi) is 4.07. The summed E-state index contributed by atoms with van der Waals surface area (Å²) in [6.07, 6.45) is -2.63. The van der Waals surface area contributed by atoms with Gasteiger partial charge in [0.15, 0.2) is 0 Å². The monoisotopic (exact) mass is 285 g/mol. The molecular formula is C8H7BrClF2NO. The lowest BCUT2D eigenvalue weighted by Gasteiger charge is -2.09. The fraction of sp³-hybridized carbons (Fsp3) is 0.375. The van der Waals surface area contributed by atoms with Crippen LogP contribution >= 0.6 is 27.5 Å². The third-order valence-electron chi connectivity index (χ3n) is 1.60. The van der Waals surface area contributed by atoms with Gasteiger partial charge >= 0.3 is 0 Å². The molecule has 1 aromatic rings. The second kappa shape index (κ2) is 4.89. The van der Waals surface area contributed by atoms with E-state index in [0.29, 0.717) is 11.4 Å². The van der Waals surface area contributed by atoms with Crippen molar-refractivity contribution in [3.8, 4) is 5.75 Å². The largest absolute Gasteiger partial charge is 0.495 e. The predicted molar refractivity (Wildman–Crippen MR) is 53.0 cm³/mol. The van der Waals surface area contributed by atoms with Gasteiger partial charge in [0.1, 0.15) is 11.4 Å². The van der Waals surface area contributed by atoms with Crippen LogP contribution in [0.15, 0.2) is 10.5 Å². The normalized spacial score (nSPS) is 10.7. The van der Waals surface area contributed by atoms with Crippen molar-refractivity contribution in [2.75, 3.05) is 7.11 Å². The van der Waals surface area contributed by atoms with Gasteiger partial charge in [-0.25, -0.2) is 13.8 Å². The third-order valence-corrected chi connectivity index (χ3v) is 2.48. The molecule has 1 rings (SSSR count). The minimum Gasteiger partial charge on any atom is -0.495 e. The number of alkyl halides is 3. The lowest BCUT2D eigenvalue weighted by atomic mass is 10.3. The van der Waals surface area contributed by atoms with Crippen molar-refractivity contribution in [3.05, 3.63) is 21.9 Å². The highest BCUT2D eigenvalue weighted by Gasteiger charge is 2.17. The molecule has 0 bridgehead atoms. The minimum absolute atomic E-state index is 0.0379. The van der Waals surface area contributed by atoms with Gasteiger partial charge in [-0.3, -0.25) is 0 Å². The first-order valence-corrected chi connectivity index (χ1v) is 5.00. The molecule has 0 unspecified atom stereocenters. The molecule has 1 aromatic heterocycles. The van der Waals surface area contributed by atoms with Gasteiger partial charge in [0.25, 0.3) is 6.43 Å². The summed E-state index contributed by atoms with van der Waals surface area (Å²) in [4.78, 5) is 3.71. The van der Waals surface area contributed by atoms with Crippen molar-refractivity contribution < 1.29 is 13.5 Å². The van der Waals surface area contributed by atoms with Gasteiger partial charge in [-0.1, -0.05) is 0 Å². The van der Waals surface area contributed by atoms with Crippen molar-refractivity contribution in [3.63, 3.8) is 0 Å². The van der Waals surface area contributed by atoms with Crippen LogP contribution in [0.25, 0.3) is 0 Å². The van der Waals surface area contributed by atoms with Crippen LogP contribution in [0.3, 0.4) is 0 Å². The predicted octanol–water partition coefficient (Wildman–Crippen LogP) is 3.53. The smallest absolute Gasteiger partial charge is 0.281 e. The summed E-state index contributed by atoms with van der Waals surface area (Å²) >= 11 is 8.52. The molecule has 2 nitrogen and oxygen atoms in total. The van der Waals surface area contributed by atoms with Crippen LogP contribution in [0.5, 0.6) is 5.75 Å². The highest BCUT2D eigenvalue weighted by Crippen LogP contribution is 2.31. The van der Waals surface area contributed by atoms with Crippen molar-refractivity contribution in [2.45, 2.75) is 12.3 Å². The minimum atomic E-state index is -2.63. The summed E-state index contributed by atoms with van der Waals surface area (Å²) < 4.78 is 30.0. The zero-order valence-electron chi connectivity index (χ0n) is 7.23. The maximum Gasteiger partial charge on any atom is 0.281 e. The molecule has 0 spiro atoms. The Morgan fingerprint density at radius 1 is 1.64 bits per heavy atom. The average Bonchev–Trinajstić information content (AvgIpc) is 2.16. The van der Waals surface area contributed by atoms with Crippen molar-refractivity contribution >= 4 is 27.5 Å². The Labute approximate surface area is 93.4 Å². The number of nitrogens with zero attached hydrogens (tertiary/aromatic N) is 1. The molecule has 0 atom stereocenters. The number of aromatic nitrogens is 1. The quantitative estimate of drug-likeness (QED) is 0.793. The van der Waals surface area contributed by atoms with Gasteiger partial charge in [0.05, 0.1) is 18.7 Å². The van der Waals surface area contributed by atoms with E-state index in [2.05, 4.69) is 20.9 Å². The van der Waals surface area contributed by atoms with Crippen LogP contribution in [0.4, 0.5) is 8.78 Å². The SMILES string of the molecule is COc1cc(Br)c(C(F)F)nc1CCl. The van der Waals surface area contributed by atoms with Crippen molar-refractivity contribution in [2.24, 2.45) is 0 Å². The Morgan fingerprint density at radius 2 is 2.29 bits per heavy atom. The van der Waals surface area contributed by atoms with Gasteiger partial charge in [0.2, 0.25) is 0 Å². The van der Waals surface area contributed by atoms with E-state index in [9.17, 15) is 8.78 Å². The molecule has 6 heteroatoms. The molecule has 0 aliphatic carbocycles. The van der Waals surface area contributed by atoms with Crippen LogP contribution in [0.2, 0.25) is 0 Å². The number of halogens is 4. The fourth-order valence-electron chi connectivity index (χ4n) is 0.952. The second-order valence-corrected chi connectivity index (χ2v) is 3.56. The number of ether oxygens (including phenoxy) is 1. The molecule has 0 aliphatic rings. The van der Waals surface area contributed by atoms with E-state index in [0.717, 1.165) is 0 Å². The van der Waals surface area contributed by atoms with Gasteiger partial charge in [-0.05, 0) is 22.0 Å². The van der Waals surface area contributed by atoms with Gasteiger partial charge < -0.3 is 4.74 Å². The lowest BCUT2D eigenvalue weighted by molar-refractivity contribution is 0.144. The van der Waals surface area contributed by atoms with Crippen LogP contribution in [-0.2, 0) is 5.88 Å². The summed E-state index contributed by atoms with van der Waals surface area (Å²) in [6, 6.07) is 1.44. The first kappa shape index (κ1) is 11.7. The number of pyridine rings is 1. The zero-order chi connectivity index (χ0) is 10.7. The maximum atomic E-state index is 12.4. The zero-order valence-corrected chi connectivity index (χ0v) is 9.57. The molecule has 14 heavy (non-hydrogen) atoms. The summed E-state index contributed by atoms with van der Waals surface area (Å²) in [6.45, 7) is 0. The van der Waals surface area contributed by atoms with E-state index >= 15 is 0 Å². The molecule has 0 aromatic carbocycles. The van der Waals surface area contributed by atoms with Gasteiger partial charge in [0, 0.05) is 4.47 Å². The molecular weight excluding hydrogens is 279 g/mol. The van der Waals surface area contributed by atoms with E-state index in [-0.39, 0.29) is 16.0 Å². The fourth-order valence-corrected chi connectivity index (χ4v) is 1.61. The lowest BCUT2D eigenvalue weighted by Crippen LogP contribution is -1.99. The number of hydrogen-bond donors (Lipinski definition) is 0.